The largest absolute Gasteiger partial charge is 0.368 e. The van der Waals surface area contributed by atoms with Crippen molar-refractivity contribution in [1.82, 2.24) is 0 Å². The average molecular weight is 384 g/mol. The van der Waals surface area contributed by atoms with Gasteiger partial charge in [0.25, 0.3) is 0 Å². The van der Waals surface area contributed by atoms with Crippen LogP contribution in [0.5, 0.6) is 0 Å². The second kappa shape index (κ2) is 7.91. The average Bonchev–Trinajstić information content (AvgIpc) is 3.12. The highest BCUT2D eigenvalue weighted by molar-refractivity contribution is 5.17. The molecule has 3 saturated heterocycles. The van der Waals surface area contributed by atoms with Crippen molar-refractivity contribution in [2.24, 2.45) is 0 Å². The van der Waals surface area contributed by atoms with Crippen LogP contribution in [0.15, 0.2) is 60.7 Å². The van der Waals surface area contributed by atoms with Gasteiger partial charge in [-0.25, -0.2) is 0 Å². The fraction of sp³-hybridized carbons (Fsp3) is 0.455. The summed E-state index contributed by atoms with van der Waals surface area (Å²) >= 11 is 0. The number of ether oxygens (including phenoxy) is 6. The Morgan fingerprint density at radius 2 is 1.61 bits per heavy atom. The predicted octanol–water partition coefficient (Wildman–Crippen LogP) is 3.17. The van der Waals surface area contributed by atoms with Crippen LogP contribution in [0.4, 0.5) is 0 Å². The molecule has 0 spiro atoms. The molecule has 3 fully saturated rings. The van der Waals surface area contributed by atoms with E-state index in [1.54, 1.807) is 0 Å². The van der Waals surface area contributed by atoms with Crippen LogP contribution in [0.2, 0.25) is 0 Å². The standard InChI is InChI=1S/C22H24O6/c1-14-25-20-19(23-12-15-8-4-2-5-9-15)18-17(27-22(20)26-14)13-24-21(28-18)16-10-6-3-7-11-16/h2-11,14,17-22H,12-13H2,1H3/t14?,17-,18-,19+,20-,21?,22-/m1/s1. The molecule has 0 amide bonds. The molecule has 7 atom stereocenters. The van der Waals surface area contributed by atoms with Crippen LogP contribution in [-0.4, -0.2) is 43.6 Å². The molecule has 2 unspecified atom stereocenters. The first-order valence-corrected chi connectivity index (χ1v) is 9.72. The predicted molar refractivity (Wildman–Crippen MR) is 99.1 cm³/mol. The summed E-state index contributed by atoms with van der Waals surface area (Å²) in [5, 5.41) is 0. The maximum absolute atomic E-state index is 6.32. The van der Waals surface area contributed by atoms with Crippen molar-refractivity contribution in [3.05, 3.63) is 71.8 Å². The van der Waals surface area contributed by atoms with Gasteiger partial charge >= 0.3 is 0 Å². The number of benzene rings is 2. The first-order valence-electron chi connectivity index (χ1n) is 9.72. The molecule has 0 aromatic heterocycles. The van der Waals surface area contributed by atoms with Crippen molar-refractivity contribution >= 4 is 0 Å². The quantitative estimate of drug-likeness (QED) is 0.807. The molecule has 2 aromatic carbocycles. The lowest BCUT2D eigenvalue weighted by Gasteiger charge is -2.46. The molecule has 0 radical (unpaired) electrons. The molecule has 5 rings (SSSR count). The minimum absolute atomic E-state index is 0.268. The van der Waals surface area contributed by atoms with E-state index in [1.807, 2.05) is 67.6 Å². The van der Waals surface area contributed by atoms with Gasteiger partial charge in [0.15, 0.2) is 18.9 Å². The molecule has 0 N–H and O–H groups in total. The second-order valence-electron chi connectivity index (χ2n) is 7.29. The van der Waals surface area contributed by atoms with E-state index in [1.165, 1.54) is 0 Å². The normalized spacial score (nSPS) is 37.2. The van der Waals surface area contributed by atoms with Gasteiger partial charge in [-0.2, -0.15) is 0 Å². The summed E-state index contributed by atoms with van der Waals surface area (Å²) in [4.78, 5) is 0. The van der Waals surface area contributed by atoms with E-state index in [-0.39, 0.29) is 30.7 Å². The maximum atomic E-state index is 6.32. The summed E-state index contributed by atoms with van der Waals surface area (Å²) in [5.74, 6) is 0. The van der Waals surface area contributed by atoms with Crippen LogP contribution in [0.3, 0.4) is 0 Å². The molecule has 3 heterocycles. The molecule has 148 valence electrons. The Balaban J connectivity index is 1.37. The van der Waals surface area contributed by atoms with Gasteiger partial charge in [-0.05, 0) is 12.5 Å². The smallest absolute Gasteiger partial charge is 0.190 e. The fourth-order valence-corrected chi connectivity index (χ4v) is 3.98. The molecule has 2 aromatic rings. The third-order valence-corrected chi connectivity index (χ3v) is 5.32. The number of rotatable bonds is 4. The lowest BCUT2D eigenvalue weighted by molar-refractivity contribution is -0.344. The van der Waals surface area contributed by atoms with Gasteiger partial charge in [0.2, 0.25) is 0 Å². The molecule has 0 bridgehead atoms. The lowest BCUT2D eigenvalue weighted by Crippen LogP contribution is -2.61. The SMILES string of the molecule is CC1O[C@@H]2O[C@@H]3COC(c4ccccc4)O[C@H]3[C@H](OCc3ccccc3)[C@H]2O1. The van der Waals surface area contributed by atoms with E-state index in [0.717, 1.165) is 11.1 Å². The van der Waals surface area contributed by atoms with Gasteiger partial charge < -0.3 is 28.4 Å². The minimum atomic E-state index is -0.475. The first kappa shape index (κ1) is 18.2. The number of hydrogen-bond acceptors (Lipinski definition) is 6. The summed E-state index contributed by atoms with van der Waals surface area (Å²) in [5.41, 5.74) is 2.07. The van der Waals surface area contributed by atoms with Crippen LogP contribution >= 0.6 is 0 Å². The lowest BCUT2D eigenvalue weighted by atomic mass is 9.97. The summed E-state index contributed by atoms with van der Waals surface area (Å²) in [6, 6.07) is 20.0. The molecule has 0 aliphatic carbocycles. The zero-order valence-electron chi connectivity index (χ0n) is 15.7. The number of fused-ring (bicyclic) bond motifs is 2. The zero-order chi connectivity index (χ0) is 18.9. The summed E-state index contributed by atoms with van der Waals surface area (Å²) in [7, 11) is 0. The van der Waals surface area contributed by atoms with Crippen molar-refractivity contribution < 1.29 is 28.4 Å². The van der Waals surface area contributed by atoms with Gasteiger partial charge in [-0.1, -0.05) is 60.7 Å². The molecule has 3 aliphatic heterocycles. The molecular formula is C22H24O6. The molecule has 28 heavy (non-hydrogen) atoms. The third-order valence-electron chi connectivity index (χ3n) is 5.32. The summed E-state index contributed by atoms with van der Waals surface area (Å²) in [6.45, 7) is 2.75. The van der Waals surface area contributed by atoms with Crippen molar-refractivity contribution in [3.63, 3.8) is 0 Å². The number of hydrogen-bond donors (Lipinski definition) is 0. The Morgan fingerprint density at radius 3 is 2.39 bits per heavy atom. The molecule has 6 heteroatoms. The second-order valence-corrected chi connectivity index (χ2v) is 7.29. The highest BCUT2D eigenvalue weighted by Gasteiger charge is 2.55. The van der Waals surface area contributed by atoms with Gasteiger partial charge in [0, 0.05) is 5.56 Å². The van der Waals surface area contributed by atoms with E-state index in [0.29, 0.717) is 13.2 Å². The van der Waals surface area contributed by atoms with E-state index >= 15 is 0 Å². The Bertz CT molecular complexity index is 769. The van der Waals surface area contributed by atoms with Crippen LogP contribution in [0.25, 0.3) is 0 Å². The van der Waals surface area contributed by atoms with Crippen molar-refractivity contribution in [1.29, 1.82) is 0 Å². The van der Waals surface area contributed by atoms with Crippen LogP contribution < -0.4 is 0 Å². The topological polar surface area (TPSA) is 55.4 Å². The Morgan fingerprint density at radius 1 is 0.857 bits per heavy atom. The zero-order valence-corrected chi connectivity index (χ0v) is 15.7. The molecular weight excluding hydrogens is 360 g/mol. The molecule has 3 aliphatic rings. The Hall–Kier alpha value is -1.80. The van der Waals surface area contributed by atoms with E-state index < -0.39 is 12.6 Å². The minimum Gasteiger partial charge on any atom is -0.368 e. The first-order chi connectivity index (χ1) is 13.8. The van der Waals surface area contributed by atoms with Crippen LogP contribution in [0.1, 0.15) is 24.3 Å². The van der Waals surface area contributed by atoms with E-state index in [9.17, 15) is 0 Å². The van der Waals surface area contributed by atoms with Gasteiger partial charge in [-0.15, -0.1) is 0 Å². The van der Waals surface area contributed by atoms with E-state index in [2.05, 4.69) is 0 Å². The van der Waals surface area contributed by atoms with Gasteiger partial charge in [0.1, 0.15) is 24.4 Å². The Kier molecular flexibility index (Phi) is 5.15. The molecule has 0 saturated carbocycles. The summed E-state index contributed by atoms with van der Waals surface area (Å²) in [6.07, 6.45) is -2.50. The third kappa shape index (κ3) is 3.59. The van der Waals surface area contributed by atoms with E-state index in [4.69, 9.17) is 28.4 Å². The van der Waals surface area contributed by atoms with Crippen molar-refractivity contribution in [3.8, 4) is 0 Å². The van der Waals surface area contributed by atoms with Crippen molar-refractivity contribution in [2.75, 3.05) is 6.61 Å². The Labute approximate surface area is 164 Å². The highest BCUT2D eigenvalue weighted by Crippen LogP contribution is 2.39. The van der Waals surface area contributed by atoms with Gasteiger partial charge in [-0.3, -0.25) is 0 Å². The summed E-state index contributed by atoms with van der Waals surface area (Å²) < 4.78 is 36.4. The van der Waals surface area contributed by atoms with Gasteiger partial charge in [0.05, 0.1) is 13.2 Å². The van der Waals surface area contributed by atoms with Crippen LogP contribution in [-0.2, 0) is 35.0 Å². The molecule has 6 nitrogen and oxygen atoms in total. The van der Waals surface area contributed by atoms with Crippen LogP contribution in [0, 0.1) is 0 Å². The highest BCUT2D eigenvalue weighted by atomic mass is 16.8. The maximum Gasteiger partial charge on any atom is 0.190 e. The fourth-order valence-electron chi connectivity index (χ4n) is 3.98. The van der Waals surface area contributed by atoms with Crippen molar-refractivity contribution in [2.45, 2.75) is 56.8 Å². The monoisotopic (exact) mass is 384 g/mol.